The molecule has 1 aliphatic rings. The van der Waals surface area contributed by atoms with Crippen LogP contribution >= 0.6 is 0 Å². The van der Waals surface area contributed by atoms with Gasteiger partial charge in [0, 0.05) is 6.42 Å². The Morgan fingerprint density at radius 3 is 2.24 bits per heavy atom. The zero-order valence-electron chi connectivity index (χ0n) is 12.0. The number of carbonyl (C=O) groups is 1. The number of benzene rings is 1. The van der Waals surface area contributed by atoms with Crippen LogP contribution in [0.4, 0.5) is 13.2 Å². The van der Waals surface area contributed by atoms with Gasteiger partial charge in [-0.2, -0.15) is 0 Å². The Morgan fingerprint density at radius 2 is 1.71 bits per heavy atom. The molecule has 116 valence electrons. The molecule has 1 saturated carbocycles. The molecule has 0 heterocycles. The molecular weight excluding hydrogens is 281 g/mol. The summed E-state index contributed by atoms with van der Waals surface area (Å²) in [7, 11) is 0. The van der Waals surface area contributed by atoms with E-state index in [4.69, 9.17) is 4.74 Å². The van der Waals surface area contributed by atoms with Gasteiger partial charge in [0.2, 0.25) is 0 Å². The second-order valence-electron chi connectivity index (χ2n) is 5.53. The molecule has 1 fully saturated rings. The van der Waals surface area contributed by atoms with Crippen LogP contribution in [0.5, 0.6) is 0 Å². The van der Waals surface area contributed by atoms with E-state index in [1.54, 1.807) is 6.92 Å². The van der Waals surface area contributed by atoms with Gasteiger partial charge in [0.05, 0.1) is 6.61 Å². The molecule has 0 unspecified atom stereocenters. The van der Waals surface area contributed by atoms with Gasteiger partial charge < -0.3 is 4.74 Å². The highest BCUT2D eigenvalue weighted by atomic mass is 19.2. The van der Waals surface area contributed by atoms with E-state index in [9.17, 15) is 18.0 Å². The Balaban J connectivity index is 1.93. The minimum atomic E-state index is -1.42. The third-order valence-electron chi connectivity index (χ3n) is 4.08. The number of esters is 1. The van der Waals surface area contributed by atoms with E-state index < -0.39 is 17.5 Å². The fraction of sp³-hybridized carbons (Fsp3) is 0.562. The maximum Gasteiger partial charge on any atom is 0.306 e. The molecule has 1 aliphatic carbocycles. The predicted octanol–water partition coefficient (Wildman–Crippen LogP) is 4.33. The lowest BCUT2D eigenvalue weighted by atomic mass is 9.77. The molecule has 5 heteroatoms. The Morgan fingerprint density at radius 1 is 1.14 bits per heavy atom. The topological polar surface area (TPSA) is 26.3 Å². The third-order valence-corrected chi connectivity index (χ3v) is 4.08. The van der Waals surface area contributed by atoms with Crippen LogP contribution in [0.15, 0.2) is 12.1 Å². The van der Waals surface area contributed by atoms with Gasteiger partial charge in [-0.3, -0.25) is 4.79 Å². The van der Waals surface area contributed by atoms with Crippen molar-refractivity contribution in [2.45, 2.75) is 44.9 Å². The summed E-state index contributed by atoms with van der Waals surface area (Å²) in [4.78, 5) is 11.4. The fourth-order valence-electron chi connectivity index (χ4n) is 2.97. The molecule has 0 amide bonds. The summed E-state index contributed by atoms with van der Waals surface area (Å²) in [6, 6.07) is 2.16. The van der Waals surface area contributed by atoms with Gasteiger partial charge in [-0.05, 0) is 62.1 Å². The molecule has 0 saturated heterocycles. The molecular formula is C16H19F3O2. The van der Waals surface area contributed by atoms with Crippen molar-refractivity contribution in [3.63, 3.8) is 0 Å². The summed E-state index contributed by atoms with van der Waals surface area (Å²) >= 11 is 0. The number of halogens is 3. The Bertz CT molecular complexity index is 485. The van der Waals surface area contributed by atoms with Gasteiger partial charge in [-0.15, -0.1) is 0 Å². The van der Waals surface area contributed by atoms with E-state index in [-0.39, 0.29) is 17.8 Å². The Kier molecular flexibility index (Phi) is 5.26. The molecule has 2 nitrogen and oxygen atoms in total. The van der Waals surface area contributed by atoms with Crippen molar-refractivity contribution in [1.82, 2.24) is 0 Å². The lowest BCUT2D eigenvalue weighted by Gasteiger charge is -2.28. The van der Waals surface area contributed by atoms with E-state index in [2.05, 4.69) is 0 Å². The monoisotopic (exact) mass is 300 g/mol. The summed E-state index contributed by atoms with van der Waals surface area (Å²) < 4.78 is 44.4. The fourth-order valence-corrected chi connectivity index (χ4v) is 2.97. The molecule has 0 radical (unpaired) electrons. The molecule has 0 aromatic heterocycles. The molecule has 1 aromatic rings. The van der Waals surface area contributed by atoms with Crippen molar-refractivity contribution in [3.05, 3.63) is 35.1 Å². The first-order valence-electron chi connectivity index (χ1n) is 7.31. The first-order valence-corrected chi connectivity index (χ1v) is 7.31. The van der Waals surface area contributed by atoms with E-state index in [1.165, 1.54) is 0 Å². The summed E-state index contributed by atoms with van der Waals surface area (Å²) in [5.41, 5.74) is 0.501. The summed E-state index contributed by atoms with van der Waals surface area (Å²) in [6.07, 6.45) is 3.50. The van der Waals surface area contributed by atoms with Crippen LogP contribution in [-0.4, -0.2) is 12.6 Å². The Hall–Kier alpha value is -1.52. The van der Waals surface area contributed by atoms with Crippen molar-refractivity contribution in [3.8, 4) is 0 Å². The van der Waals surface area contributed by atoms with E-state index in [0.29, 0.717) is 18.6 Å². The summed E-state index contributed by atoms with van der Waals surface area (Å²) in [5, 5.41) is 0. The summed E-state index contributed by atoms with van der Waals surface area (Å²) in [5.74, 6) is -3.62. The molecule has 2 rings (SSSR count). The SMILES string of the molecule is CCOC(=O)CC1CCC(c2cc(F)c(F)c(F)c2)CC1. The highest BCUT2D eigenvalue weighted by molar-refractivity contribution is 5.69. The maximum absolute atomic E-state index is 13.3. The maximum atomic E-state index is 13.3. The lowest BCUT2D eigenvalue weighted by molar-refractivity contribution is -0.144. The minimum Gasteiger partial charge on any atom is -0.466 e. The molecule has 0 N–H and O–H groups in total. The number of hydrogen-bond donors (Lipinski definition) is 0. The largest absolute Gasteiger partial charge is 0.466 e. The van der Waals surface area contributed by atoms with Crippen LogP contribution in [0.1, 0.15) is 50.5 Å². The second kappa shape index (κ2) is 6.96. The van der Waals surface area contributed by atoms with Crippen molar-refractivity contribution >= 4 is 5.97 Å². The van der Waals surface area contributed by atoms with Crippen LogP contribution in [0.3, 0.4) is 0 Å². The predicted molar refractivity (Wildman–Crippen MR) is 72.3 cm³/mol. The van der Waals surface area contributed by atoms with Crippen LogP contribution in [-0.2, 0) is 9.53 Å². The van der Waals surface area contributed by atoms with Crippen LogP contribution in [0.2, 0.25) is 0 Å². The first kappa shape index (κ1) is 15.9. The van der Waals surface area contributed by atoms with Gasteiger partial charge in [-0.25, -0.2) is 13.2 Å². The van der Waals surface area contributed by atoms with Crippen molar-refractivity contribution in [2.24, 2.45) is 5.92 Å². The average Bonchev–Trinajstić information content (AvgIpc) is 2.45. The zero-order chi connectivity index (χ0) is 15.4. The van der Waals surface area contributed by atoms with Crippen molar-refractivity contribution in [1.29, 1.82) is 0 Å². The molecule has 0 spiro atoms. The van der Waals surface area contributed by atoms with Crippen molar-refractivity contribution < 1.29 is 22.7 Å². The van der Waals surface area contributed by atoms with Crippen LogP contribution in [0, 0.1) is 23.4 Å². The van der Waals surface area contributed by atoms with Gasteiger partial charge in [0.15, 0.2) is 17.5 Å². The molecule has 0 aliphatic heterocycles. The number of hydrogen-bond acceptors (Lipinski definition) is 2. The molecule has 1 aromatic carbocycles. The first-order chi connectivity index (χ1) is 10.0. The Labute approximate surface area is 122 Å². The van der Waals surface area contributed by atoms with Gasteiger partial charge in [0.25, 0.3) is 0 Å². The quantitative estimate of drug-likeness (QED) is 0.611. The van der Waals surface area contributed by atoms with E-state index in [0.717, 1.165) is 37.8 Å². The highest BCUT2D eigenvalue weighted by Crippen LogP contribution is 2.37. The number of carbonyl (C=O) groups excluding carboxylic acids is 1. The lowest BCUT2D eigenvalue weighted by Crippen LogP contribution is -2.18. The van der Waals surface area contributed by atoms with Crippen molar-refractivity contribution in [2.75, 3.05) is 6.61 Å². The number of rotatable bonds is 4. The van der Waals surface area contributed by atoms with Crippen LogP contribution in [0.25, 0.3) is 0 Å². The number of ether oxygens (including phenoxy) is 1. The van der Waals surface area contributed by atoms with Gasteiger partial charge in [-0.1, -0.05) is 0 Å². The molecule has 0 atom stereocenters. The zero-order valence-corrected chi connectivity index (χ0v) is 12.0. The minimum absolute atomic E-state index is 0.0213. The third kappa shape index (κ3) is 3.99. The van der Waals surface area contributed by atoms with Gasteiger partial charge >= 0.3 is 5.97 Å². The molecule has 0 bridgehead atoms. The smallest absolute Gasteiger partial charge is 0.306 e. The molecule has 21 heavy (non-hydrogen) atoms. The van der Waals surface area contributed by atoms with Gasteiger partial charge in [0.1, 0.15) is 0 Å². The highest BCUT2D eigenvalue weighted by Gasteiger charge is 2.26. The van der Waals surface area contributed by atoms with Crippen LogP contribution < -0.4 is 0 Å². The van der Waals surface area contributed by atoms with E-state index in [1.807, 2.05) is 0 Å². The standard InChI is InChI=1S/C16H19F3O2/c1-2-21-15(20)7-10-3-5-11(6-4-10)12-8-13(17)16(19)14(18)9-12/h8-11H,2-7H2,1H3. The normalized spacial score (nSPS) is 22.1. The second-order valence-corrected chi connectivity index (χ2v) is 5.53. The average molecular weight is 300 g/mol. The van der Waals surface area contributed by atoms with E-state index >= 15 is 0 Å². The summed E-state index contributed by atoms with van der Waals surface area (Å²) in [6.45, 7) is 2.15.